The van der Waals surface area contributed by atoms with Crippen LogP contribution in [0.2, 0.25) is 0 Å². The van der Waals surface area contributed by atoms with E-state index in [2.05, 4.69) is 87.6 Å². The molecule has 1 amide bonds. The van der Waals surface area contributed by atoms with Gasteiger partial charge in [-0.15, -0.1) is 0 Å². The van der Waals surface area contributed by atoms with Gasteiger partial charge in [0.25, 0.3) is 0 Å². The molecular formula is C34H42N8O2. The summed E-state index contributed by atoms with van der Waals surface area (Å²) in [5, 5.41) is 2.45. The van der Waals surface area contributed by atoms with Gasteiger partial charge >= 0.3 is 6.01 Å². The van der Waals surface area contributed by atoms with Gasteiger partial charge in [-0.3, -0.25) is 9.69 Å². The van der Waals surface area contributed by atoms with Crippen LogP contribution < -0.4 is 14.5 Å². The van der Waals surface area contributed by atoms with E-state index in [1.807, 2.05) is 0 Å². The lowest BCUT2D eigenvalue weighted by Gasteiger charge is -2.41. The van der Waals surface area contributed by atoms with Crippen LogP contribution in [0.1, 0.15) is 24.1 Å². The fraction of sp³-hybridized carbons (Fsp3) is 0.471. The number of nitrogens with zero attached hydrogens (tertiary/aromatic N) is 8. The molecule has 10 nitrogen and oxygen atoms in total. The van der Waals surface area contributed by atoms with Crippen LogP contribution in [0.25, 0.3) is 15.6 Å². The third kappa shape index (κ3) is 6.21. The van der Waals surface area contributed by atoms with Crippen molar-refractivity contribution in [2.45, 2.75) is 37.9 Å². The van der Waals surface area contributed by atoms with Crippen LogP contribution in [-0.4, -0.2) is 109 Å². The second kappa shape index (κ2) is 13.2. The normalized spacial score (nSPS) is 20.8. The van der Waals surface area contributed by atoms with E-state index in [0.717, 1.165) is 49.6 Å². The van der Waals surface area contributed by atoms with E-state index in [-0.39, 0.29) is 18.5 Å². The molecule has 0 spiro atoms. The van der Waals surface area contributed by atoms with E-state index < -0.39 is 0 Å². The smallest absolute Gasteiger partial charge is 0.320 e. The Hall–Kier alpha value is -4.20. The second-order valence-corrected chi connectivity index (χ2v) is 12.2. The quantitative estimate of drug-likeness (QED) is 0.289. The van der Waals surface area contributed by atoms with Gasteiger partial charge in [0.2, 0.25) is 12.5 Å². The molecule has 0 N–H and O–H groups in total. The number of ether oxygens (including phenoxy) is 1. The lowest BCUT2D eigenvalue weighted by atomic mass is 10.0. The van der Waals surface area contributed by atoms with Crippen molar-refractivity contribution < 1.29 is 9.53 Å². The van der Waals surface area contributed by atoms with Crippen LogP contribution in [0.4, 0.5) is 11.5 Å². The number of amides is 1. The zero-order valence-corrected chi connectivity index (χ0v) is 25.9. The van der Waals surface area contributed by atoms with Crippen molar-refractivity contribution in [2.75, 3.05) is 76.4 Å². The highest BCUT2D eigenvalue weighted by molar-refractivity contribution is 5.94. The predicted octanol–water partition coefficient (Wildman–Crippen LogP) is 3.68. The first-order valence-electron chi connectivity index (χ1n) is 15.6. The van der Waals surface area contributed by atoms with Gasteiger partial charge in [0.15, 0.2) is 0 Å². The third-order valence-corrected chi connectivity index (χ3v) is 9.26. The highest BCUT2D eigenvalue weighted by atomic mass is 16.5. The number of piperazine rings is 1. The van der Waals surface area contributed by atoms with E-state index in [4.69, 9.17) is 21.3 Å². The van der Waals surface area contributed by atoms with Crippen molar-refractivity contribution in [1.29, 1.82) is 0 Å². The summed E-state index contributed by atoms with van der Waals surface area (Å²) in [6.45, 7) is 17.0. The molecule has 230 valence electrons. The first-order chi connectivity index (χ1) is 21.4. The molecule has 2 aromatic carbocycles. The molecule has 3 aliphatic heterocycles. The van der Waals surface area contributed by atoms with Crippen molar-refractivity contribution >= 4 is 28.2 Å². The Morgan fingerprint density at radius 1 is 1.09 bits per heavy atom. The molecule has 3 aliphatic rings. The maximum Gasteiger partial charge on any atom is 0.320 e. The fourth-order valence-corrected chi connectivity index (χ4v) is 6.84. The summed E-state index contributed by atoms with van der Waals surface area (Å²) in [7, 11) is 4.28. The molecule has 1 unspecified atom stereocenters. The van der Waals surface area contributed by atoms with Crippen LogP contribution in [0.15, 0.2) is 55.1 Å². The van der Waals surface area contributed by atoms with Gasteiger partial charge in [0, 0.05) is 61.9 Å². The molecule has 4 heterocycles. The molecule has 0 bridgehead atoms. The Morgan fingerprint density at radius 3 is 2.75 bits per heavy atom. The number of piperidine rings is 1. The Labute approximate surface area is 260 Å². The van der Waals surface area contributed by atoms with Gasteiger partial charge in [0.1, 0.15) is 18.6 Å². The first kappa shape index (κ1) is 29.9. The number of hydrogen-bond acceptors (Lipinski definition) is 8. The minimum absolute atomic E-state index is 0.129. The molecule has 0 saturated carbocycles. The van der Waals surface area contributed by atoms with E-state index in [1.54, 1.807) is 4.90 Å². The largest absolute Gasteiger partial charge is 0.447 e. The van der Waals surface area contributed by atoms with Crippen molar-refractivity contribution in [3.05, 3.63) is 77.8 Å². The number of anilines is 2. The summed E-state index contributed by atoms with van der Waals surface area (Å²) < 4.78 is 6.35. The minimum Gasteiger partial charge on any atom is -0.447 e. The Morgan fingerprint density at radius 2 is 1.93 bits per heavy atom. The van der Waals surface area contributed by atoms with Gasteiger partial charge in [-0.25, -0.2) is 6.57 Å². The van der Waals surface area contributed by atoms with Crippen molar-refractivity contribution in [1.82, 2.24) is 24.7 Å². The zero-order valence-electron chi connectivity index (χ0n) is 25.9. The summed E-state index contributed by atoms with van der Waals surface area (Å²) >= 11 is 0. The number of likely N-dealkylation sites (N-methyl/N-ethyl adjacent to an activating group) is 1. The number of rotatable bonds is 8. The van der Waals surface area contributed by atoms with E-state index in [0.29, 0.717) is 45.0 Å². The molecule has 3 aromatic rings. The molecule has 1 aromatic heterocycles. The Balaban J connectivity index is 1.30. The molecule has 6 rings (SSSR count). The second-order valence-electron chi connectivity index (χ2n) is 12.2. The molecule has 2 fully saturated rings. The lowest BCUT2D eigenvalue weighted by Crippen LogP contribution is -2.56. The molecule has 0 aliphatic carbocycles. The third-order valence-electron chi connectivity index (χ3n) is 9.26. The van der Waals surface area contributed by atoms with Crippen LogP contribution in [0, 0.1) is 6.57 Å². The zero-order chi connectivity index (χ0) is 30.6. The average Bonchev–Trinajstić information content (AvgIpc) is 3.06. The van der Waals surface area contributed by atoms with Gasteiger partial charge in [-0.05, 0) is 50.9 Å². The monoisotopic (exact) mass is 594 g/mol. The fourth-order valence-electron chi connectivity index (χ4n) is 6.84. The van der Waals surface area contributed by atoms with E-state index in [9.17, 15) is 4.79 Å². The van der Waals surface area contributed by atoms with Crippen LogP contribution in [0.3, 0.4) is 0 Å². The number of likely N-dealkylation sites (tertiary alicyclic amines) is 1. The summed E-state index contributed by atoms with van der Waals surface area (Å²) in [6, 6.07) is 15.6. The predicted molar refractivity (Wildman–Crippen MR) is 174 cm³/mol. The maximum atomic E-state index is 12.6. The van der Waals surface area contributed by atoms with Crippen LogP contribution in [0.5, 0.6) is 6.01 Å². The van der Waals surface area contributed by atoms with Crippen molar-refractivity contribution in [3.63, 3.8) is 0 Å². The molecule has 44 heavy (non-hydrogen) atoms. The molecule has 10 heteroatoms. The van der Waals surface area contributed by atoms with Gasteiger partial charge in [0.05, 0.1) is 12.2 Å². The molecule has 0 radical (unpaired) electrons. The highest BCUT2D eigenvalue weighted by Gasteiger charge is 2.35. The number of benzene rings is 2. The molecule has 2 saturated heterocycles. The summed E-state index contributed by atoms with van der Waals surface area (Å²) in [4.78, 5) is 37.3. The van der Waals surface area contributed by atoms with Gasteiger partial charge in [-0.2, -0.15) is 9.97 Å². The maximum absolute atomic E-state index is 12.6. The average molecular weight is 595 g/mol. The Bertz CT molecular complexity index is 1550. The van der Waals surface area contributed by atoms with E-state index >= 15 is 0 Å². The molecular weight excluding hydrogens is 552 g/mol. The number of carbonyl (C=O) groups excluding carboxylic acids is 1. The topological polar surface area (TPSA) is 72.6 Å². The number of carbonyl (C=O) groups is 1. The van der Waals surface area contributed by atoms with Gasteiger partial charge in [-0.1, -0.05) is 43.0 Å². The Kier molecular flexibility index (Phi) is 8.96. The summed E-state index contributed by atoms with van der Waals surface area (Å²) in [5.41, 5.74) is 3.30. The number of fused-ring (bicyclic) bond motifs is 2. The summed E-state index contributed by atoms with van der Waals surface area (Å²) in [5.74, 6) is 0.739. The SMILES string of the molecule is [C-]#[N+]C[C@H]1CN(c2nc(OCN3CCCC(N(C)C)C3)nc3c2CCN(c2cccc4ccccc24)C3)CCN1C(=O)C=C. The number of hydrogen-bond donors (Lipinski definition) is 0. The molecule has 2 atom stereocenters. The van der Waals surface area contributed by atoms with Crippen molar-refractivity contribution in [3.8, 4) is 6.01 Å². The minimum atomic E-state index is -0.228. The lowest BCUT2D eigenvalue weighted by molar-refractivity contribution is -0.128. The van der Waals surface area contributed by atoms with Crippen molar-refractivity contribution in [2.24, 2.45) is 0 Å². The van der Waals surface area contributed by atoms with Crippen LogP contribution in [-0.2, 0) is 17.8 Å². The standard InChI is InChI=1S/C34H42N8O2/c1-5-32(43)42-19-18-41(22-27(42)20-35-2)33-29-15-17-40(31-14-8-11-25-10-6-7-13-28(25)31)23-30(29)36-34(37-33)44-24-39-16-9-12-26(21-39)38(3)4/h5-8,10-11,13-14,26-27H,1,9,12,15-24H2,3-4H3/t26?,27-/m0/s1. The van der Waals surface area contributed by atoms with Gasteiger partial charge < -0.3 is 29.2 Å². The van der Waals surface area contributed by atoms with E-state index in [1.165, 1.54) is 29.0 Å². The summed E-state index contributed by atoms with van der Waals surface area (Å²) in [6.07, 6.45) is 4.47. The van der Waals surface area contributed by atoms with Crippen LogP contribution >= 0.6 is 0 Å². The first-order valence-corrected chi connectivity index (χ1v) is 15.6. The highest BCUT2D eigenvalue weighted by Crippen LogP contribution is 2.34. The number of aromatic nitrogens is 2.